The number of fused-ring (bicyclic) bond motifs is 1. The first-order chi connectivity index (χ1) is 12.0. The Bertz CT molecular complexity index is 855. The van der Waals surface area contributed by atoms with Gasteiger partial charge >= 0.3 is 0 Å². The molecule has 7 heteroatoms. The van der Waals surface area contributed by atoms with Gasteiger partial charge in [-0.2, -0.15) is 0 Å². The molecule has 6 nitrogen and oxygen atoms in total. The molecule has 0 amide bonds. The van der Waals surface area contributed by atoms with Gasteiger partial charge < -0.3 is 15.0 Å². The van der Waals surface area contributed by atoms with Crippen LogP contribution in [-0.4, -0.2) is 55.7 Å². The van der Waals surface area contributed by atoms with E-state index in [9.17, 15) is 9.59 Å². The van der Waals surface area contributed by atoms with Crippen LogP contribution >= 0.6 is 11.3 Å². The monoisotopic (exact) mass is 357 g/mol. The molecule has 1 aromatic carbocycles. The van der Waals surface area contributed by atoms with Crippen molar-refractivity contribution in [3.05, 3.63) is 46.6 Å². The van der Waals surface area contributed by atoms with Crippen LogP contribution in [0.2, 0.25) is 0 Å². The van der Waals surface area contributed by atoms with Crippen LogP contribution in [-0.2, 0) is 0 Å². The Kier molecular flexibility index (Phi) is 4.96. The lowest BCUT2D eigenvalue weighted by atomic mass is 10.0. The van der Waals surface area contributed by atoms with E-state index in [0.29, 0.717) is 27.9 Å². The van der Waals surface area contributed by atoms with Crippen molar-refractivity contribution in [2.24, 2.45) is 0 Å². The average Bonchev–Trinajstić information content (AvgIpc) is 3.05. The van der Waals surface area contributed by atoms with Crippen molar-refractivity contribution < 1.29 is 14.3 Å². The van der Waals surface area contributed by atoms with E-state index in [1.54, 1.807) is 7.11 Å². The summed E-state index contributed by atoms with van der Waals surface area (Å²) in [5, 5.41) is 3.64. The van der Waals surface area contributed by atoms with Gasteiger partial charge in [-0.1, -0.05) is 12.1 Å². The quantitative estimate of drug-likeness (QED) is 0.855. The van der Waals surface area contributed by atoms with E-state index in [2.05, 4.69) is 10.3 Å². The van der Waals surface area contributed by atoms with Gasteiger partial charge in [-0.25, -0.2) is 4.98 Å². The summed E-state index contributed by atoms with van der Waals surface area (Å²) in [7, 11) is 5.47. The summed E-state index contributed by atoms with van der Waals surface area (Å²) in [6.07, 6.45) is 1.37. The number of hydrogen-bond donors (Lipinski definition) is 1. The van der Waals surface area contributed by atoms with Crippen molar-refractivity contribution in [3.8, 4) is 16.3 Å². The van der Waals surface area contributed by atoms with E-state index in [-0.39, 0.29) is 17.3 Å². The molecule has 0 saturated carbocycles. The van der Waals surface area contributed by atoms with Crippen LogP contribution in [0.5, 0.6) is 5.75 Å². The normalized spacial score (nSPS) is 13.7. The SMILES string of the molecule is COc1ccccc1-c1nc2c(s1)C(=O)C=C(NCCN(C)C)C2=O. The van der Waals surface area contributed by atoms with Gasteiger partial charge in [0.15, 0.2) is 5.78 Å². The number of nitrogens with zero attached hydrogens (tertiary/aromatic N) is 2. The number of rotatable bonds is 6. The molecule has 0 bridgehead atoms. The predicted octanol–water partition coefficient (Wildman–Crippen LogP) is 2.23. The molecule has 0 unspecified atom stereocenters. The largest absolute Gasteiger partial charge is 0.496 e. The highest BCUT2D eigenvalue weighted by Crippen LogP contribution is 2.36. The number of carbonyl (C=O) groups is 2. The molecule has 25 heavy (non-hydrogen) atoms. The van der Waals surface area contributed by atoms with Gasteiger partial charge in [0.25, 0.3) is 0 Å². The molecule has 0 spiro atoms. The molecular formula is C18H19N3O3S. The number of allylic oxidation sites excluding steroid dienone is 2. The fourth-order valence-electron chi connectivity index (χ4n) is 2.51. The van der Waals surface area contributed by atoms with Gasteiger partial charge in [-0.3, -0.25) is 9.59 Å². The molecule has 0 fully saturated rings. The van der Waals surface area contributed by atoms with Gasteiger partial charge in [0, 0.05) is 19.2 Å². The van der Waals surface area contributed by atoms with Crippen LogP contribution in [0, 0.1) is 0 Å². The molecule has 0 atom stereocenters. The standard InChI is InChI=1S/C18H19N3O3S/c1-21(2)9-8-19-12-10-13(22)17-15(16(12)23)20-18(25-17)11-6-4-5-7-14(11)24-3/h4-7,10,19H,8-9H2,1-3H3. The molecule has 1 aliphatic carbocycles. The highest BCUT2D eigenvalue weighted by Gasteiger charge is 2.30. The number of benzene rings is 1. The van der Waals surface area contributed by atoms with E-state index >= 15 is 0 Å². The number of para-hydroxylation sites is 1. The van der Waals surface area contributed by atoms with Crippen molar-refractivity contribution in [2.75, 3.05) is 34.3 Å². The number of aromatic nitrogens is 1. The Morgan fingerprint density at radius 3 is 2.72 bits per heavy atom. The highest BCUT2D eigenvalue weighted by molar-refractivity contribution is 7.17. The number of nitrogens with one attached hydrogen (secondary N) is 1. The zero-order valence-corrected chi connectivity index (χ0v) is 15.1. The van der Waals surface area contributed by atoms with Crippen molar-refractivity contribution in [2.45, 2.75) is 0 Å². The maximum absolute atomic E-state index is 12.7. The first kappa shape index (κ1) is 17.3. The fraction of sp³-hybridized carbons (Fsp3) is 0.278. The number of ketones is 2. The van der Waals surface area contributed by atoms with E-state index in [1.807, 2.05) is 43.3 Å². The Morgan fingerprint density at radius 1 is 1.24 bits per heavy atom. The van der Waals surface area contributed by atoms with Gasteiger partial charge in [-0.15, -0.1) is 11.3 Å². The Morgan fingerprint density at radius 2 is 2.00 bits per heavy atom. The lowest BCUT2D eigenvalue weighted by Gasteiger charge is -2.15. The highest BCUT2D eigenvalue weighted by atomic mass is 32.1. The number of methoxy groups -OCH3 is 1. The third-order valence-electron chi connectivity index (χ3n) is 3.80. The third kappa shape index (κ3) is 3.47. The van der Waals surface area contributed by atoms with Crippen LogP contribution in [0.1, 0.15) is 20.2 Å². The second-order valence-corrected chi connectivity index (χ2v) is 6.88. The topological polar surface area (TPSA) is 71.5 Å². The first-order valence-electron chi connectivity index (χ1n) is 7.84. The maximum atomic E-state index is 12.7. The maximum Gasteiger partial charge on any atom is 0.228 e. The fourth-order valence-corrected chi connectivity index (χ4v) is 3.52. The number of Topliss-reactive ketones (excluding diaryl/α,β-unsaturated/α-hetero) is 1. The van der Waals surface area contributed by atoms with Crippen molar-refractivity contribution >= 4 is 22.9 Å². The van der Waals surface area contributed by atoms with Crippen molar-refractivity contribution in [1.29, 1.82) is 0 Å². The molecule has 0 radical (unpaired) electrons. The minimum absolute atomic E-state index is 0.194. The zero-order valence-electron chi connectivity index (χ0n) is 14.3. The Labute approximate surface area is 150 Å². The minimum atomic E-state index is -0.245. The summed E-state index contributed by atoms with van der Waals surface area (Å²) >= 11 is 1.22. The average molecular weight is 357 g/mol. The van der Waals surface area contributed by atoms with E-state index in [0.717, 1.165) is 12.1 Å². The molecule has 1 aromatic heterocycles. The molecule has 1 heterocycles. The van der Waals surface area contributed by atoms with E-state index in [1.165, 1.54) is 17.4 Å². The van der Waals surface area contributed by atoms with Crippen LogP contribution in [0.25, 0.3) is 10.6 Å². The molecule has 3 rings (SSSR count). The zero-order chi connectivity index (χ0) is 18.0. The second kappa shape index (κ2) is 7.16. The number of ether oxygens (including phenoxy) is 1. The molecule has 130 valence electrons. The third-order valence-corrected chi connectivity index (χ3v) is 4.90. The first-order valence-corrected chi connectivity index (χ1v) is 8.66. The summed E-state index contributed by atoms with van der Waals surface area (Å²) in [5.41, 5.74) is 1.29. The van der Waals surface area contributed by atoms with E-state index < -0.39 is 0 Å². The lowest BCUT2D eigenvalue weighted by molar-refractivity contribution is 0.0977. The summed E-state index contributed by atoms with van der Waals surface area (Å²) < 4.78 is 5.35. The molecule has 1 aliphatic rings. The van der Waals surface area contributed by atoms with Gasteiger partial charge in [0.2, 0.25) is 5.78 Å². The lowest BCUT2D eigenvalue weighted by Crippen LogP contribution is -2.31. The Balaban J connectivity index is 1.90. The van der Waals surface area contributed by atoms with Crippen molar-refractivity contribution in [1.82, 2.24) is 15.2 Å². The molecular weight excluding hydrogens is 338 g/mol. The summed E-state index contributed by atoms with van der Waals surface area (Å²) in [6.45, 7) is 1.34. The minimum Gasteiger partial charge on any atom is -0.496 e. The number of carbonyl (C=O) groups excluding carboxylic acids is 2. The number of likely N-dealkylation sites (N-methyl/N-ethyl adjacent to an activating group) is 1. The van der Waals surface area contributed by atoms with Gasteiger partial charge in [0.1, 0.15) is 21.3 Å². The Hall–Kier alpha value is -2.51. The van der Waals surface area contributed by atoms with Crippen molar-refractivity contribution in [3.63, 3.8) is 0 Å². The smallest absolute Gasteiger partial charge is 0.228 e. The number of hydrogen-bond acceptors (Lipinski definition) is 7. The summed E-state index contributed by atoms with van der Waals surface area (Å²) in [5.74, 6) is 0.220. The van der Waals surface area contributed by atoms with Gasteiger partial charge in [0.05, 0.1) is 18.4 Å². The molecule has 1 N–H and O–H groups in total. The number of thiazole rings is 1. The predicted molar refractivity (Wildman–Crippen MR) is 97.4 cm³/mol. The van der Waals surface area contributed by atoms with Crippen LogP contribution in [0.15, 0.2) is 36.0 Å². The van der Waals surface area contributed by atoms with Gasteiger partial charge in [-0.05, 0) is 26.2 Å². The summed E-state index contributed by atoms with van der Waals surface area (Å²) in [4.78, 5) is 31.9. The van der Waals surface area contributed by atoms with E-state index in [4.69, 9.17) is 4.74 Å². The molecule has 2 aromatic rings. The second-order valence-electron chi connectivity index (χ2n) is 5.88. The molecule has 0 aliphatic heterocycles. The van der Waals surface area contributed by atoms with Crippen LogP contribution in [0.4, 0.5) is 0 Å². The summed E-state index contributed by atoms with van der Waals surface area (Å²) in [6, 6.07) is 7.42. The molecule has 0 saturated heterocycles. The van der Waals surface area contributed by atoms with Crippen LogP contribution in [0.3, 0.4) is 0 Å². The van der Waals surface area contributed by atoms with Crippen LogP contribution < -0.4 is 10.1 Å².